The number of oxazole rings is 1. The fourth-order valence-electron chi connectivity index (χ4n) is 3.20. The fourth-order valence-corrected chi connectivity index (χ4v) is 3.20. The number of aromatic nitrogens is 1. The van der Waals surface area contributed by atoms with Gasteiger partial charge in [-0.2, -0.15) is 0 Å². The molecular weight excluding hydrogens is 280 g/mol. The lowest BCUT2D eigenvalue weighted by atomic mass is 9.95. The summed E-state index contributed by atoms with van der Waals surface area (Å²) in [6.07, 6.45) is 5.27. The number of rotatable bonds is 4. The summed E-state index contributed by atoms with van der Waals surface area (Å²) in [5.41, 5.74) is 1.66. The van der Waals surface area contributed by atoms with Gasteiger partial charge in [0.15, 0.2) is 5.58 Å². The van der Waals surface area contributed by atoms with E-state index in [-0.39, 0.29) is 17.9 Å². The lowest BCUT2D eigenvalue weighted by molar-refractivity contribution is -0.146. The molecule has 0 spiro atoms. The lowest BCUT2D eigenvalue weighted by Gasteiger charge is -2.23. The molecule has 1 aromatic heterocycles. The van der Waals surface area contributed by atoms with E-state index in [9.17, 15) is 4.79 Å². The maximum Gasteiger partial charge on any atom is 0.310 e. The van der Waals surface area contributed by atoms with Crippen LogP contribution in [0.5, 0.6) is 0 Å². The molecule has 0 radical (unpaired) electrons. The van der Waals surface area contributed by atoms with Crippen molar-refractivity contribution in [3.63, 3.8) is 0 Å². The van der Waals surface area contributed by atoms with Crippen LogP contribution in [0.3, 0.4) is 0 Å². The lowest BCUT2D eigenvalue weighted by Crippen LogP contribution is -2.39. The number of esters is 1. The third kappa shape index (κ3) is 3.30. The molecule has 5 heteroatoms. The summed E-state index contributed by atoms with van der Waals surface area (Å²) in [7, 11) is 1.46. The second-order valence-corrected chi connectivity index (χ2v) is 5.83. The smallest absolute Gasteiger partial charge is 0.310 e. The van der Waals surface area contributed by atoms with Gasteiger partial charge in [-0.05, 0) is 25.0 Å². The number of methoxy groups -OCH3 is 1. The maximum absolute atomic E-state index is 12.0. The molecule has 1 fully saturated rings. The molecule has 1 N–H and O–H groups in total. The summed E-state index contributed by atoms with van der Waals surface area (Å²) in [6.45, 7) is 0.535. The van der Waals surface area contributed by atoms with E-state index in [0.29, 0.717) is 12.4 Å². The van der Waals surface area contributed by atoms with Crippen LogP contribution in [0.15, 0.2) is 28.7 Å². The van der Waals surface area contributed by atoms with Crippen molar-refractivity contribution in [2.24, 2.45) is 5.92 Å². The van der Waals surface area contributed by atoms with Crippen molar-refractivity contribution in [1.82, 2.24) is 10.3 Å². The third-order valence-corrected chi connectivity index (χ3v) is 4.37. The van der Waals surface area contributed by atoms with E-state index >= 15 is 0 Å². The second-order valence-electron chi connectivity index (χ2n) is 5.83. The number of para-hydroxylation sites is 2. The topological polar surface area (TPSA) is 64.4 Å². The number of ether oxygens (including phenoxy) is 1. The molecule has 0 amide bonds. The molecule has 2 aromatic rings. The van der Waals surface area contributed by atoms with Crippen molar-refractivity contribution in [1.29, 1.82) is 0 Å². The SMILES string of the molecule is COC(=O)[C@@H]1CCCCC[C@@H]1NCc1nc2ccccc2o1. The predicted molar refractivity (Wildman–Crippen MR) is 83.2 cm³/mol. The summed E-state index contributed by atoms with van der Waals surface area (Å²) in [4.78, 5) is 16.4. The molecule has 0 bridgehead atoms. The van der Waals surface area contributed by atoms with Gasteiger partial charge in [0.25, 0.3) is 0 Å². The van der Waals surface area contributed by atoms with E-state index in [1.807, 2.05) is 24.3 Å². The zero-order valence-electron chi connectivity index (χ0n) is 12.9. The Labute approximate surface area is 130 Å². The molecule has 0 saturated heterocycles. The van der Waals surface area contributed by atoms with Crippen molar-refractivity contribution < 1.29 is 13.9 Å². The highest BCUT2D eigenvalue weighted by Gasteiger charge is 2.30. The van der Waals surface area contributed by atoms with Crippen LogP contribution in [0.1, 0.15) is 38.0 Å². The monoisotopic (exact) mass is 302 g/mol. The Balaban J connectivity index is 1.68. The normalized spacial score (nSPS) is 22.4. The van der Waals surface area contributed by atoms with E-state index < -0.39 is 0 Å². The van der Waals surface area contributed by atoms with Gasteiger partial charge in [-0.15, -0.1) is 0 Å². The molecule has 5 nitrogen and oxygen atoms in total. The molecule has 0 unspecified atom stereocenters. The molecule has 1 aliphatic carbocycles. The van der Waals surface area contributed by atoms with Crippen LogP contribution in [-0.2, 0) is 16.1 Å². The average Bonchev–Trinajstić information content (AvgIpc) is 2.82. The van der Waals surface area contributed by atoms with Gasteiger partial charge < -0.3 is 14.5 Å². The number of nitrogens with one attached hydrogen (secondary N) is 1. The minimum absolute atomic E-state index is 0.0723. The Bertz CT molecular complexity index is 605. The maximum atomic E-state index is 12.0. The van der Waals surface area contributed by atoms with Gasteiger partial charge in [0.2, 0.25) is 5.89 Å². The molecule has 118 valence electrons. The van der Waals surface area contributed by atoms with E-state index in [2.05, 4.69) is 10.3 Å². The van der Waals surface area contributed by atoms with Gasteiger partial charge in [-0.3, -0.25) is 4.79 Å². The first-order chi connectivity index (χ1) is 10.8. The number of carbonyl (C=O) groups excluding carboxylic acids is 1. The van der Waals surface area contributed by atoms with E-state index in [1.165, 1.54) is 13.5 Å². The molecule has 1 aromatic carbocycles. The van der Waals surface area contributed by atoms with Gasteiger partial charge in [-0.25, -0.2) is 4.98 Å². The summed E-state index contributed by atoms with van der Waals surface area (Å²) in [6, 6.07) is 7.86. The Morgan fingerprint density at radius 2 is 2.14 bits per heavy atom. The summed E-state index contributed by atoms with van der Waals surface area (Å²) in [5, 5.41) is 3.45. The molecule has 1 aliphatic rings. The Hall–Kier alpha value is -1.88. The van der Waals surface area contributed by atoms with E-state index in [0.717, 1.165) is 36.8 Å². The highest BCUT2D eigenvalue weighted by molar-refractivity contribution is 5.73. The molecule has 22 heavy (non-hydrogen) atoms. The first kappa shape index (κ1) is 15.0. The zero-order chi connectivity index (χ0) is 15.4. The van der Waals surface area contributed by atoms with Crippen molar-refractivity contribution in [3.05, 3.63) is 30.2 Å². The molecule has 3 rings (SSSR count). The number of carbonyl (C=O) groups is 1. The van der Waals surface area contributed by atoms with Crippen molar-refractivity contribution in [3.8, 4) is 0 Å². The zero-order valence-corrected chi connectivity index (χ0v) is 12.9. The summed E-state index contributed by atoms with van der Waals surface area (Å²) in [5.74, 6) is 0.475. The minimum atomic E-state index is -0.114. The number of benzene rings is 1. The van der Waals surface area contributed by atoms with E-state index in [4.69, 9.17) is 9.15 Å². The van der Waals surface area contributed by atoms with Gasteiger partial charge in [0.1, 0.15) is 5.52 Å². The van der Waals surface area contributed by atoms with Crippen LogP contribution in [0.4, 0.5) is 0 Å². The van der Waals surface area contributed by atoms with Gasteiger partial charge in [-0.1, -0.05) is 31.4 Å². The Morgan fingerprint density at radius 1 is 1.32 bits per heavy atom. The number of fused-ring (bicyclic) bond motifs is 1. The number of hydrogen-bond acceptors (Lipinski definition) is 5. The predicted octanol–water partition coefficient (Wildman–Crippen LogP) is 3.04. The van der Waals surface area contributed by atoms with Crippen LogP contribution in [0.25, 0.3) is 11.1 Å². The van der Waals surface area contributed by atoms with Crippen molar-refractivity contribution in [2.75, 3.05) is 7.11 Å². The van der Waals surface area contributed by atoms with Crippen LogP contribution < -0.4 is 5.32 Å². The fraction of sp³-hybridized carbons (Fsp3) is 0.529. The van der Waals surface area contributed by atoms with Crippen LogP contribution in [0, 0.1) is 5.92 Å². The van der Waals surface area contributed by atoms with E-state index in [1.54, 1.807) is 0 Å². The molecular formula is C17H22N2O3. The standard InChI is InChI=1S/C17H22N2O3/c1-21-17(20)12-7-3-2-4-8-13(12)18-11-16-19-14-9-5-6-10-15(14)22-16/h5-6,9-10,12-13,18H,2-4,7-8,11H2,1H3/t12-,13+/m1/s1. The Kier molecular flexibility index (Phi) is 4.73. The molecule has 0 aliphatic heterocycles. The summed E-state index contributed by atoms with van der Waals surface area (Å²) >= 11 is 0. The Morgan fingerprint density at radius 3 is 2.95 bits per heavy atom. The second kappa shape index (κ2) is 6.92. The minimum Gasteiger partial charge on any atom is -0.469 e. The highest BCUT2D eigenvalue weighted by atomic mass is 16.5. The molecule has 1 saturated carbocycles. The first-order valence-electron chi connectivity index (χ1n) is 7.93. The van der Waals surface area contributed by atoms with Crippen LogP contribution in [0.2, 0.25) is 0 Å². The van der Waals surface area contributed by atoms with Crippen LogP contribution >= 0.6 is 0 Å². The average molecular weight is 302 g/mol. The van der Waals surface area contributed by atoms with Gasteiger partial charge >= 0.3 is 5.97 Å². The summed E-state index contributed by atoms with van der Waals surface area (Å²) < 4.78 is 10.7. The third-order valence-electron chi connectivity index (χ3n) is 4.37. The molecule has 1 heterocycles. The number of nitrogens with zero attached hydrogens (tertiary/aromatic N) is 1. The van der Waals surface area contributed by atoms with Gasteiger partial charge in [0, 0.05) is 6.04 Å². The van der Waals surface area contributed by atoms with Crippen LogP contribution in [-0.4, -0.2) is 24.1 Å². The molecule has 2 atom stereocenters. The first-order valence-corrected chi connectivity index (χ1v) is 7.93. The highest BCUT2D eigenvalue weighted by Crippen LogP contribution is 2.25. The number of hydrogen-bond donors (Lipinski definition) is 1. The quantitative estimate of drug-likeness (QED) is 0.694. The van der Waals surface area contributed by atoms with Crippen molar-refractivity contribution >= 4 is 17.1 Å². The largest absolute Gasteiger partial charge is 0.469 e. The van der Waals surface area contributed by atoms with Gasteiger partial charge in [0.05, 0.1) is 19.6 Å². The van der Waals surface area contributed by atoms with Crippen molar-refractivity contribution in [2.45, 2.75) is 44.7 Å².